The molecule has 0 bridgehead atoms. The standard InChI is InChI=1S/C11H16FN/c1-4-6-11(2,3)9-5-7-13-8-10(9)12/h5,7-8H,4,6H2,1-3H3. The quantitative estimate of drug-likeness (QED) is 0.697. The molecule has 0 atom stereocenters. The van der Waals surface area contributed by atoms with Crippen LogP contribution in [0, 0.1) is 5.82 Å². The summed E-state index contributed by atoms with van der Waals surface area (Å²) >= 11 is 0. The van der Waals surface area contributed by atoms with Crippen LogP contribution in [-0.4, -0.2) is 4.98 Å². The van der Waals surface area contributed by atoms with Crippen LogP contribution in [0.5, 0.6) is 0 Å². The van der Waals surface area contributed by atoms with Gasteiger partial charge in [-0.25, -0.2) is 4.39 Å². The Labute approximate surface area is 79.0 Å². The van der Waals surface area contributed by atoms with Crippen LogP contribution >= 0.6 is 0 Å². The topological polar surface area (TPSA) is 12.9 Å². The maximum absolute atomic E-state index is 13.3. The van der Waals surface area contributed by atoms with E-state index >= 15 is 0 Å². The molecule has 1 rings (SSSR count). The van der Waals surface area contributed by atoms with Crippen molar-refractivity contribution in [2.45, 2.75) is 39.0 Å². The van der Waals surface area contributed by atoms with Crippen molar-refractivity contribution in [1.29, 1.82) is 0 Å². The third-order valence-corrected chi connectivity index (χ3v) is 2.38. The average molecular weight is 181 g/mol. The van der Waals surface area contributed by atoms with Crippen LogP contribution in [0.4, 0.5) is 4.39 Å². The molecular formula is C11H16FN. The molecule has 0 aliphatic carbocycles. The third-order valence-electron chi connectivity index (χ3n) is 2.38. The lowest BCUT2D eigenvalue weighted by Crippen LogP contribution is -2.18. The molecule has 1 aromatic heterocycles. The van der Waals surface area contributed by atoms with Crippen molar-refractivity contribution < 1.29 is 4.39 Å². The van der Waals surface area contributed by atoms with Gasteiger partial charge in [0.25, 0.3) is 0 Å². The Morgan fingerprint density at radius 1 is 1.46 bits per heavy atom. The third kappa shape index (κ3) is 2.27. The van der Waals surface area contributed by atoms with Crippen LogP contribution in [-0.2, 0) is 5.41 Å². The van der Waals surface area contributed by atoms with E-state index in [-0.39, 0.29) is 11.2 Å². The Bertz CT molecular complexity index is 281. The highest BCUT2D eigenvalue weighted by Gasteiger charge is 2.22. The Morgan fingerprint density at radius 2 is 2.15 bits per heavy atom. The first kappa shape index (κ1) is 10.2. The van der Waals surface area contributed by atoms with Crippen molar-refractivity contribution in [2.75, 3.05) is 0 Å². The van der Waals surface area contributed by atoms with Crippen LogP contribution in [0.1, 0.15) is 39.2 Å². The molecule has 0 N–H and O–H groups in total. The summed E-state index contributed by atoms with van der Waals surface area (Å²) in [5.74, 6) is -0.194. The molecule has 1 heterocycles. The van der Waals surface area contributed by atoms with E-state index in [0.29, 0.717) is 0 Å². The molecule has 0 aromatic carbocycles. The molecule has 0 saturated heterocycles. The lowest BCUT2D eigenvalue weighted by molar-refractivity contribution is 0.443. The molecule has 72 valence electrons. The second kappa shape index (κ2) is 3.86. The molecule has 0 radical (unpaired) electrons. The second-order valence-corrected chi connectivity index (χ2v) is 3.99. The van der Waals surface area contributed by atoms with E-state index in [1.165, 1.54) is 6.20 Å². The van der Waals surface area contributed by atoms with Crippen molar-refractivity contribution in [3.05, 3.63) is 29.8 Å². The van der Waals surface area contributed by atoms with E-state index in [2.05, 4.69) is 25.8 Å². The predicted molar refractivity (Wildman–Crippen MR) is 52.1 cm³/mol. The van der Waals surface area contributed by atoms with Crippen LogP contribution in [0.3, 0.4) is 0 Å². The summed E-state index contributed by atoms with van der Waals surface area (Å²) in [5.41, 5.74) is 0.686. The molecule has 0 saturated carbocycles. The maximum Gasteiger partial charge on any atom is 0.145 e. The van der Waals surface area contributed by atoms with Gasteiger partial charge >= 0.3 is 0 Å². The molecule has 1 aromatic rings. The molecule has 13 heavy (non-hydrogen) atoms. The fraction of sp³-hybridized carbons (Fsp3) is 0.545. The fourth-order valence-electron chi connectivity index (χ4n) is 1.68. The molecule has 0 aliphatic rings. The SMILES string of the molecule is CCCC(C)(C)c1ccncc1F. The Kier molecular flexibility index (Phi) is 3.02. The molecular weight excluding hydrogens is 165 g/mol. The number of hydrogen-bond donors (Lipinski definition) is 0. The van der Waals surface area contributed by atoms with Crippen molar-refractivity contribution in [2.24, 2.45) is 0 Å². The predicted octanol–water partition coefficient (Wildman–Crippen LogP) is 3.30. The first-order chi connectivity index (χ1) is 6.08. The number of halogens is 1. The zero-order valence-electron chi connectivity index (χ0n) is 8.47. The summed E-state index contributed by atoms with van der Waals surface area (Å²) < 4.78 is 13.3. The van der Waals surface area contributed by atoms with Crippen molar-refractivity contribution in [3.8, 4) is 0 Å². The smallest absolute Gasteiger partial charge is 0.145 e. The van der Waals surface area contributed by atoms with Crippen molar-refractivity contribution in [1.82, 2.24) is 4.98 Å². The summed E-state index contributed by atoms with van der Waals surface area (Å²) in [7, 11) is 0. The van der Waals surface area contributed by atoms with Gasteiger partial charge in [0, 0.05) is 6.20 Å². The Balaban J connectivity index is 2.99. The van der Waals surface area contributed by atoms with E-state index in [4.69, 9.17) is 0 Å². The lowest BCUT2D eigenvalue weighted by atomic mass is 9.81. The summed E-state index contributed by atoms with van der Waals surface area (Å²) in [6.07, 6.45) is 4.99. The van der Waals surface area contributed by atoms with Gasteiger partial charge in [-0.2, -0.15) is 0 Å². The number of nitrogens with zero attached hydrogens (tertiary/aromatic N) is 1. The van der Waals surface area contributed by atoms with Gasteiger partial charge in [0.2, 0.25) is 0 Å². The summed E-state index contributed by atoms with van der Waals surface area (Å²) in [6, 6.07) is 1.77. The molecule has 1 nitrogen and oxygen atoms in total. The minimum absolute atomic E-state index is 0.0816. The fourth-order valence-corrected chi connectivity index (χ4v) is 1.68. The summed E-state index contributed by atoms with van der Waals surface area (Å²) in [6.45, 7) is 6.24. The van der Waals surface area contributed by atoms with Crippen LogP contribution in [0.25, 0.3) is 0 Å². The van der Waals surface area contributed by atoms with Gasteiger partial charge in [0.05, 0.1) is 6.20 Å². The number of aromatic nitrogens is 1. The number of hydrogen-bond acceptors (Lipinski definition) is 1. The highest BCUT2D eigenvalue weighted by molar-refractivity contribution is 5.22. The van der Waals surface area contributed by atoms with Crippen molar-refractivity contribution in [3.63, 3.8) is 0 Å². The lowest BCUT2D eigenvalue weighted by Gasteiger charge is -2.24. The Hall–Kier alpha value is -0.920. The second-order valence-electron chi connectivity index (χ2n) is 3.99. The largest absolute Gasteiger partial charge is 0.262 e. The first-order valence-electron chi connectivity index (χ1n) is 4.68. The summed E-state index contributed by atoms with van der Waals surface area (Å²) in [4.78, 5) is 3.74. The van der Waals surface area contributed by atoms with Crippen LogP contribution in [0.15, 0.2) is 18.5 Å². The maximum atomic E-state index is 13.3. The molecule has 0 fully saturated rings. The zero-order chi connectivity index (χ0) is 9.90. The van der Waals surface area contributed by atoms with Crippen LogP contribution in [0.2, 0.25) is 0 Å². The van der Waals surface area contributed by atoms with E-state index in [9.17, 15) is 4.39 Å². The van der Waals surface area contributed by atoms with Gasteiger partial charge in [-0.15, -0.1) is 0 Å². The Morgan fingerprint density at radius 3 is 2.69 bits per heavy atom. The highest BCUT2D eigenvalue weighted by atomic mass is 19.1. The van der Waals surface area contributed by atoms with Crippen LogP contribution < -0.4 is 0 Å². The van der Waals surface area contributed by atoms with Gasteiger partial charge in [-0.05, 0) is 23.5 Å². The monoisotopic (exact) mass is 181 g/mol. The van der Waals surface area contributed by atoms with Gasteiger partial charge < -0.3 is 0 Å². The number of pyridine rings is 1. The molecule has 2 heteroatoms. The number of rotatable bonds is 3. The van der Waals surface area contributed by atoms with E-state index < -0.39 is 0 Å². The minimum Gasteiger partial charge on any atom is -0.262 e. The van der Waals surface area contributed by atoms with Crippen molar-refractivity contribution >= 4 is 0 Å². The normalized spacial score (nSPS) is 11.7. The van der Waals surface area contributed by atoms with Gasteiger partial charge in [-0.1, -0.05) is 27.2 Å². The van der Waals surface area contributed by atoms with E-state index in [0.717, 1.165) is 18.4 Å². The molecule has 0 unspecified atom stereocenters. The first-order valence-corrected chi connectivity index (χ1v) is 4.68. The molecule has 0 spiro atoms. The van der Waals surface area contributed by atoms with E-state index in [1.807, 2.05) is 0 Å². The minimum atomic E-state index is -0.194. The average Bonchev–Trinajstić information content (AvgIpc) is 2.04. The highest BCUT2D eigenvalue weighted by Crippen LogP contribution is 2.29. The molecule has 0 amide bonds. The summed E-state index contributed by atoms with van der Waals surface area (Å²) in [5, 5.41) is 0. The van der Waals surface area contributed by atoms with Gasteiger partial charge in [0.1, 0.15) is 5.82 Å². The van der Waals surface area contributed by atoms with E-state index in [1.54, 1.807) is 12.3 Å². The van der Waals surface area contributed by atoms with Gasteiger partial charge in [0.15, 0.2) is 0 Å². The zero-order valence-corrected chi connectivity index (χ0v) is 8.47. The van der Waals surface area contributed by atoms with Gasteiger partial charge in [-0.3, -0.25) is 4.98 Å². The molecule has 0 aliphatic heterocycles.